The Morgan fingerprint density at radius 3 is 2.21 bits per heavy atom. The molecular weight excluding hydrogens is 412 g/mol. The number of imidazole rings is 1. The molecule has 1 aromatic heterocycles. The largest absolute Gasteiger partial charge is 0.333 e. The Labute approximate surface area is 195 Å². The third-order valence-corrected chi connectivity index (χ3v) is 6.35. The van der Waals surface area contributed by atoms with Crippen LogP contribution < -0.4 is 5.32 Å². The summed E-state index contributed by atoms with van der Waals surface area (Å²) in [5.74, 6) is 0.356. The number of nitrogens with one attached hydrogen (secondary N) is 1. The lowest BCUT2D eigenvalue weighted by atomic mass is 10.1. The van der Waals surface area contributed by atoms with Crippen LogP contribution in [0.1, 0.15) is 43.7 Å². The first-order valence-electron chi connectivity index (χ1n) is 11.8. The van der Waals surface area contributed by atoms with Crippen LogP contribution in [0.25, 0.3) is 16.9 Å². The van der Waals surface area contributed by atoms with Gasteiger partial charge in [0.15, 0.2) is 0 Å². The minimum atomic E-state index is -0.238. The molecule has 1 saturated carbocycles. The second-order valence-corrected chi connectivity index (χ2v) is 8.90. The van der Waals surface area contributed by atoms with Crippen LogP contribution >= 0.6 is 0 Å². The summed E-state index contributed by atoms with van der Waals surface area (Å²) in [5, 5.41) is 2.95. The SMILES string of the molecule is CCN(CC(=O)Nc1nc(-c2ccc(C)cc2)cn1-c1ccc(C)cc1)C(=O)C1CCCC1. The third-order valence-electron chi connectivity index (χ3n) is 6.35. The maximum absolute atomic E-state index is 13.0. The zero-order chi connectivity index (χ0) is 23.4. The molecule has 1 aliphatic carbocycles. The maximum atomic E-state index is 13.0. The molecule has 6 nitrogen and oxygen atoms in total. The number of likely N-dealkylation sites (N-methyl/N-ethyl adjacent to an activating group) is 1. The topological polar surface area (TPSA) is 67.2 Å². The van der Waals surface area contributed by atoms with Gasteiger partial charge in [0.1, 0.15) is 0 Å². The van der Waals surface area contributed by atoms with E-state index in [1.165, 1.54) is 5.56 Å². The van der Waals surface area contributed by atoms with Crippen molar-refractivity contribution in [2.45, 2.75) is 46.5 Å². The molecule has 1 N–H and O–H groups in total. The number of aryl methyl sites for hydroxylation is 2. The maximum Gasteiger partial charge on any atom is 0.246 e. The highest BCUT2D eigenvalue weighted by atomic mass is 16.2. The lowest BCUT2D eigenvalue weighted by molar-refractivity contribution is -0.138. The summed E-state index contributed by atoms with van der Waals surface area (Å²) in [5.41, 5.74) is 5.01. The Hall–Kier alpha value is -3.41. The Balaban J connectivity index is 1.58. The second kappa shape index (κ2) is 10.0. The van der Waals surface area contributed by atoms with Crippen LogP contribution in [0.15, 0.2) is 54.7 Å². The van der Waals surface area contributed by atoms with Crippen molar-refractivity contribution in [3.05, 3.63) is 65.9 Å². The van der Waals surface area contributed by atoms with Crippen LogP contribution in [0.2, 0.25) is 0 Å². The molecule has 2 aromatic carbocycles. The Bertz CT molecular complexity index is 1110. The molecule has 0 unspecified atom stereocenters. The summed E-state index contributed by atoms with van der Waals surface area (Å²) in [6.45, 7) is 6.56. The zero-order valence-electron chi connectivity index (χ0n) is 19.7. The van der Waals surface area contributed by atoms with Crippen molar-refractivity contribution >= 4 is 17.8 Å². The predicted molar refractivity (Wildman–Crippen MR) is 131 cm³/mol. The van der Waals surface area contributed by atoms with Gasteiger partial charge in [-0.15, -0.1) is 0 Å². The predicted octanol–water partition coefficient (Wildman–Crippen LogP) is 5.13. The van der Waals surface area contributed by atoms with Crippen LogP contribution in [0.4, 0.5) is 5.95 Å². The van der Waals surface area contributed by atoms with Gasteiger partial charge in [-0.25, -0.2) is 4.98 Å². The minimum Gasteiger partial charge on any atom is -0.333 e. The lowest BCUT2D eigenvalue weighted by Crippen LogP contribution is -2.40. The fourth-order valence-corrected chi connectivity index (χ4v) is 4.35. The molecule has 1 aliphatic rings. The lowest BCUT2D eigenvalue weighted by Gasteiger charge is -2.23. The highest BCUT2D eigenvalue weighted by molar-refractivity contribution is 5.94. The minimum absolute atomic E-state index is 0.0342. The van der Waals surface area contributed by atoms with E-state index in [0.717, 1.165) is 48.2 Å². The average Bonchev–Trinajstić information content (AvgIpc) is 3.49. The van der Waals surface area contributed by atoms with Crippen molar-refractivity contribution in [1.82, 2.24) is 14.5 Å². The van der Waals surface area contributed by atoms with Crippen LogP contribution in [0, 0.1) is 19.8 Å². The van der Waals surface area contributed by atoms with E-state index in [0.29, 0.717) is 12.5 Å². The van der Waals surface area contributed by atoms with E-state index < -0.39 is 0 Å². The number of carbonyl (C=O) groups is 2. The third kappa shape index (κ3) is 5.33. The van der Waals surface area contributed by atoms with Crippen LogP contribution in [-0.2, 0) is 9.59 Å². The van der Waals surface area contributed by atoms with Gasteiger partial charge in [-0.1, -0.05) is 60.4 Å². The van der Waals surface area contributed by atoms with E-state index in [2.05, 4.69) is 5.32 Å². The molecule has 0 atom stereocenters. The molecule has 1 heterocycles. The summed E-state index contributed by atoms with van der Waals surface area (Å²) in [4.78, 5) is 32.2. The zero-order valence-corrected chi connectivity index (χ0v) is 19.7. The van der Waals surface area contributed by atoms with Crippen molar-refractivity contribution in [3.8, 4) is 16.9 Å². The number of nitrogens with zero attached hydrogens (tertiary/aromatic N) is 3. The number of hydrogen-bond donors (Lipinski definition) is 1. The highest BCUT2D eigenvalue weighted by Crippen LogP contribution is 2.27. The molecule has 0 saturated heterocycles. The molecular formula is C27H32N4O2. The molecule has 0 radical (unpaired) electrons. The van der Waals surface area contributed by atoms with E-state index in [-0.39, 0.29) is 24.3 Å². The number of carbonyl (C=O) groups excluding carboxylic acids is 2. The van der Waals surface area contributed by atoms with Gasteiger partial charge < -0.3 is 4.90 Å². The van der Waals surface area contributed by atoms with Crippen LogP contribution in [-0.4, -0.2) is 39.4 Å². The van der Waals surface area contributed by atoms with Gasteiger partial charge in [0.2, 0.25) is 17.8 Å². The summed E-state index contributed by atoms with van der Waals surface area (Å²) in [6.07, 6.45) is 5.97. The number of aromatic nitrogens is 2. The molecule has 33 heavy (non-hydrogen) atoms. The summed E-state index contributed by atoms with van der Waals surface area (Å²) >= 11 is 0. The number of rotatable bonds is 7. The molecule has 0 spiro atoms. The van der Waals surface area contributed by atoms with Gasteiger partial charge in [0.05, 0.1) is 12.2 Å². The van der Waals surface area contributed by atoms with Crippen LogP contribution in [0.3, 0.4) is 0 Å². The van der Waals surface area contributed by atoms with Crippen molar-refractivity contribution in [3.63, 3.8) is 0 Å². The van der Waals surface area contributed by atoms with Crippen LogP contribution in [0.5, 0.6) is 0 Å². The number of anilines is 1. The molecule has 6 heteroatoms. The Morgan fingerprint density at radius 2 is 1.61 bits per heavy atom. The monoisotopic (exact) mass is 444 g/mol. The molecule has 1 fully saturated rings. The number of benzene rings is 2. The van der Waals surface area contributed by atoms with Gasteiger partial charge >= 0.3 is 0 Å². The first kappa shape index (κ1) is 22.8. The summed E-state index contributed by atoms with van der Waals surface area (Å²) in [7, 11) is 0. The highest BCUT2D eigenvalue weighted by Gasteiger charge is 2.28. The molecule has 2 amide bonds. The summed E-state index contributed by atoms with van der Waals surface area (Å²) in [6, 6.07) is 16.2. The Kier molecular flexibility index (Phi) is 6.92. The van der Waals surface area contributed by atoms with Gasteiger partial charge in [-0.2, -0.15) is 0 Å². The molecule has 172 valence electrons. The average molecular weight is 445 g/mol. The molecule has 0 bridgehead atoms. The summed E-state index contributed by atoms with van der Waals surface area (Å²) < 4.78 is 1.89. The molecule has 0 aliphatic heterocycles. The smallest absolute Gasteiger partial charge is 0.246 e. The van der Waals surface area contributed by atoms with Gasteiger partial charge in [0.25, 0.3) is 0 Å². The first-order chi connectivity index (χ1) is 15.9. The van der Waals surface area contributed by atoms with Crippen molar-refractivity contribution < 1.29 is 9.59 Å². The van der Waals surface area contributed by atoms with Crippen molar-refractivity contribution in [1.29, 1.82) is 0 Å². The van der Waals surface area contributed by atoms with Gasteiger partial charge in [-0.05, 0) is 45.7 Å². The van der Waals surface area contributed by atoms with Crippen molar-refractivity contribution in [2.75, 3.05) is 18.4 Å². The Morgan fingerprint density at radius 1 is 1.00 bits per heavy atom. The quantitative estimate of drug-likeness (QED) is 0.549. The van der Waals surface area contributed by atoms with E-state index in [1.807, 2.05) is 80.1 Å². The fourth-order valence-electron chi connectivity index (χ4n) is 4.35. The normalized spacial score (nSPS) is 13.8. The van der Waals surface area contributed by atoms with E-state index in [1.54, 1.807) is 4.90 Å². The van der Waals surface area contributed by atoms with E-state index in [9.17, 15) is 9.59 Å². The van der Waals surface area contributed by atoms with E-state index >= 15 is 0 Å². The molecule has 4 rings (SSSR count). The standard InChI is InChI=1S/C27H32N4O2/c1-4-30(26(33)22-7-5-6-8-22)18-25(32)29-27-28-24(21-13-9-19(2)10-14-21)17-31(27)23-15-11-20(3)12-16-23/h9-17,22H,4-8,18H2,1-3H3,(H,28,29,32). The molecule has 3 aromatic rings. The number of hydrogen-bond acceptors (Lipinski definition) is 3. The second-order valence-electron chi connectivity index (χ2n) is 8.90. The van der Waals surface area contributed by atoms with Gasteiger partial charge in [0, 0.05) is 29.9 Å². The first-order valence-corrected chi connectivity index (χ1v) is 11.8. The number of amides is 2. The van der Waals surface area contributed by atoms with Crippen molar-refractivity contribution in [2.24, 2.45) is 5.92 Å². The van der Waals surface area contributed by atoms with Gasteiger partial charge in [-0.3, -0.25) is 19.5 Å². The fraction of sp³-hybridized carbons (Fsp3) is 0.370. The van der Waals surface area contributed by atoms with E-state index in [4.69, 9.17) is 4.98 Å².